The van der Waals surface area contributed by atoms with Crippen LogP contribution in [-0.2, 0) is 16.1 Å². The molecule has 0 aliphatic heterocycles. The Bertz CT molecular complexity index is 1820. The Morgan fingerprint density at radius 2 is 1.78 bits per heavy atom. The van der Waals surface area contributed by atoms with Gasteiger partial charge in [0, 0.05) is 41.5 Å². The number of carbonyl (C=O) groups excluding carboxylic acids is 1. The van der Waals surface area contributed by atoms with Crippen LogP contribution >= 0.6 is 0 Å². The predicted octanol–water partition coefficient (Wildman–Crippen LogP) is 5.73. The third-order valence-electron chi connectivity index (χ3n) is 6.36. The molecular weight excluding hydrogens is 532 g/mol. The Kier molecular flexibility index (Phi) is 7.59. The van der Waals surface area contributed by atoms with E-state index in [2.05, 4.69) is 15.3 Å². The maximum atomic E-state index is 15.1. The summed E-state index contributed by atoms with van der Waals surface area (Å²) in [5.74, 6) is -0.887. The van der Waals surface area contributed by atoms with Gasteiger partial charge in [-0.1, -0.05) is 12.1 Å². The van der Waals surface area contributed by atoms with Crippen molar-refractivity contribution in [3.8, 4) is 22.6 Å². The van der Waals surface area contributed by atoms with Gasteiger partial charge in [-0.2, -0.15) is 0 Å². The molecule has 2 aromatic carbocycles. The fourth-order valence-corrected chi connectivity index (χ4v) is 4.30. The van der Waals surface area contributed by atoms with Crippen molar-refractivity contribution in [2.75, 3.05) is 17.7 Å². The molecule has 0 aliphatic rings. The number of fused-ring (bicyclic) bond motifs is 1. The third kappa shape index (κ3) is 5.69. The highest BCUT2D eigenvalue weighted by atomic mass is 19.1. The molecule has 11 heteroatoms. The summed E-state index contributed by atoms with van der Waals surface area (Å²) in [5, 5.41) is 3.16. The average molecular weight is 558 g/mol. The van der Waals surface area contributed by atoms with Crippen LogP contribution in [0.4, 0.5) is 26.1 Å². The van der Waals surface area contributed by atoms with E-state index in [0.717, 1.165) is 0 Å². The highest BCUT2D eigenvalue weighted by Crippen LogP contribution is 2.32. The van der Waals surface area contributed by atoms with E-state index in [1.54, 1.807) is 36.6 Å². The minimum atomic E-state index is -0.670. The summed E-state index contributed by atoms with van der Waals surface area (Å²) in [7, 11) is 0. The number of nitrogen functional groups attached to an aromatic ring is 1. The maximum Gasteiger partial charge on any atom is 0.325 e. The second-order valence-corrected chi connectivity index (χ2v) is 9.06. The highest BCUT2D eigenvalue weighted by molar-refractivity contribution is 5.94. The molecule has 0 amide bonds. The summed E-state index contributed by atoms with van der Waals surface area (Å²) >= 11 is 0. The van der Waals surface area contributed by atoms with Gasteiger partial charge in [-0.15, -0.1) is 0 Å². The lowest BCUT2D eigenvalue weighted by molar-refractivity contribution is -0.143. The number of rotatable bonds is 8. The predicted molar refractivity (Wildman–Crippen MR) is 151 cm³/mol. The molecule has 9 nitrogen and oxygen atoms in total. The molecule has 0 radical (unpaired) electrons. The first-order chi connectivity index (χ1) is 19.7. The van der Waals surface area contributed by atoms with Crippen LogP contribution in [0.2, 0.25) is 0 Å². The summed E-state index contributed by atoms with van der Waals surface area (Å²) < 4.78 is 41.1. The van der Waals surface area contributed by atoms with Crippen molar-refractivity contribution in [1.82, 2.24) is 14.5 Å². The quantitative estimate of drug-likeness (QED) is 0.232. The number of nitrogens with two attached hydrogens (primary N) is 1. The fourth-order valence-electron chi connectivity index (χ4n) is 4.30. The zero-order chi connectivity index (χ0) is 29.1. The van der Waals surface area contributed by atoms with Crippen molar-refractivity contribution < 1.29 is 23.0 Å². The topological polar surface area (TPSA) is 121 Å². The van der Waals surface area contributed by atoms with Gasteiger partial charge >= 0.3 is 5.97 Å². The van der Waals surface area contributed by atoms with E-state index in [0.29, 0.717) is 28.1 Å². The van der Waals surface area contributed by atoms with Gasteiger partial charge in [0.2, 0.25) is 5.43 Å². The number of nitrogens with zero attached hydrogens (tertiary/aromatic N) is 3. The van der Waals surface area contributed by atoms with E-state index < -0.39 is 23.0 Å². The molecule has 208 valence electrons. The normalized spacial score (nSPS) is 10.9. The van der Waals surface area contributed by atoms with Crippen LogP contribution in [-0.4, -0.2) is 27.1 Å². The summed E-state index contributed by atoms with van der Waals surface area (Å²) in [4.78, 5) is 34.5. The van der Waals surface area contributed by atoms with Crippen molar-refractivity contribution in [2.24, 2.45) is 0 Å². The van der Waals surface area contributed by atoms with Crippen molar-refractivity contribution in [3.05, 3.63) is 101 Å². The van der Waals surface area contributed by atoms with Gasteiger partial charge < -0.3 is 25.1 Å². The van der Waals surface area contributed by atoms with Crippen LogP contribution in [0, 0.1) is 18.6 Å². The van der Waals surface area contributed by atoms with Crippen molar-refractivity contribution in [3.63, 3.8) is 0 Å². The van der Waals surface area contributed by atoms with Gasteiger partial charge in [0.1, 0.15) is 29.7 Å². The number of hydrogen-bond acceptors (Lipinski definition) is 8. The summed E-state index contributed by atoms with van der Waals surface area (Å²) in [6, 6.07) is 12.8. The molecule has 0 atom stereocenters. The molecule has 3 N–H and O–H groups in total. The van der Waals surface area contributed by atoms with Gasteiger partial charge in [-0.05, 0) is 55.8 Å². The molecule has 0 spiro atoms. The molecule has 0 unspecified atom stereocenters. The van der Waals surface area contributed by atoms with Crippen LogP contribution in [0.25, 0.3) is 22.0 Å². The van der Waals surface area contributed by atoms with Gasteiger partial charge in [0.15, 0.2) is 11.6 Å². The Balaban J connectivity index is 1.56. The lowest BCUT2D eigenvalue weighted by Gasteiger charge is -2.16. The molecule has 0 saturated heterocycles. The largest absolute Gasteiger partial charge is 0.465 e. The Labute approximate surface area is 233 Å². The standard InChI is InChI=1S/C30H25F2N5O4/c1-3-40-26(38)16-37-15-21(18-4-6-19(31)7-5-18)28(39)27-23(37)10-12-35-30(27)36-20-8-9-25(22(32)14-20)41-24-11-13-34-29(33)17(24)2/h4-15H,3,16H2,1-2H3,(H2,33,34)(H,35,36). The first kappa shape index (κ1) is 27.3. The fraction of sp³-hybridized carbons (Fsp3) is 0.133. The van der Waals surface area contributed by atoms with Gasteiger partial charge in [-0.3, -0.25) is 9.59 Å². The third-order valence-corrected chi connectivity index (χ3v) is 6.36. The van der Waals surface area contributed by atoms with E-state index in [-0.39, 0.29) is 41.5 Å². The van der Waals surface area contributed by atoms with E-state index in [1.165, 1.54) is 55.0 Å². The molecule has 5 rings (SSSR count). The number of benzene rings is 2. The molecule has 5 aromatic rings. The van der Waals surface area contributed by atoms with Crippen LogP contribution in [0.5, 0.6) is 11.5 Å². The number of halogens is 2. The highest BCUT2D eigenvalue weighted by Gasteiger charge is 2.18. The maximum absolute atomic E-state index is 15.1. The molecule has 41 heavy (non-hydrogen) atoms. The lowest BCUT2D eigenvalue weighted by atomic mass is 10.0. The van der Waals surface area contributed by atoms with Crippen LogP contribution in [0.1, 0.15) is 12.5 Å². The number of aromatic nitrogens is 3. The van der Waals surface area contributed by atoms with E-state index in [4.69, 9.17) is 15.2 Å². The Hall–Kier alpha value is -5.32. The number of hydrogen-bond donors (Lipinski definition) is 2. The van der Waals surface area contributed by atoms with Crippen molar-refractivity contribution in [2.45, 2.75) is 20.4 Å². The summed E-state index contributed by atoms with van der Waals surface area (Å²) in [5.41, 5.74) is 7.35. The van der Waals surface area contributed by atoms with E-state index in [1.807, 2.05) is 0 Å². The first-order valence-corrected chi connectivity index (χ1v) is 12.6. The number of pyridine rings is 3. The number of nitrogens with one attached hydrogen (secondary N) is 1. The molecular formula is C30H25F2N5O4. The second kappa shape index (κ2) is 11.4. The zero-order valence-corrected chi connectivity index (χ0v) is 22.2. The molecule has 0 bridgehead atoms. The van der Waals surface area contributed by atoms with Gasteiger partial charge in [-0.25, -0.2) is 18.7 Å². The molecule has 3 heterocycles. The minimum Gasteiger partial charge on any atom is -0.465 e. The summed E-state index contributed by atoms with van der Waals surface area (Å²) in [6.07, 6.45) is 4.46. The molecule has 3 aromatic heterocycles. The number of ether oxygens (including phenoxy) is 2. The SMILES string of the molecule is CCOC(=O)Cn1cc(-c2ccc(F)cc2)c(=O)c2c(Nc3ccc(Oc4ccnc(N)c4C)c(F)c3)nccc21. The molecule has 0 aliphatic carbocycles. The van der Waals surface area contributed by atoms with E-state index in [9.17, 15) is 14.0 Å². The Morgan fingerprint density at radius 3 is 2.51 bits per heavy atom. The second-order valence-electron chi connectivity index (χ2n) is 9.06. The molecule has 0 fully saturated rings. The Morgan fingerprint density at radius 1 is 1.02 bits per heavy atom. The number of carbonyl (C=O) groups is 1. The summed E-state index contributed by atoms with van der Waals surface area (Å²) in [6.45, 7) is 3.42. The lowest BCUT2D eigenvalue weighted by Crippen LogP contribution is -2.19. The van der Waals surface area contributed by atoms with E-state index >= 15 is 4.39 Å². The monoisotopic (exact) mass is 557 g/mol. The smallest absolute Gasteiger partial charge is 0.325 e. The van der Waals surface area contributed by atoms with Crippen LogP contribution < -0.4 is 21.2 Å². The zero-order valence-electron chi connectivity index (χ0n) is 22.2. The van der Waals surface area contributed by atoms with Crippen LogP contribution in [0.3, 0.4) is 0 Å². The first-order valence-electron chi connectivity index (χ1n) is 12.6. The average Bonchev–Trinajstić information content (AvgIpc) is 2.95. The van der Waals surface area contributed by atoms with Crippen molar-refractivity contribution in [1.29, 1.82) is 0 Å². The number of anilines is 3. The van der Waals surface area contributed by atoms with Gasteiger partial charge in [0.05, 0.1) is 17.5 Å². The van der Waals surface area contributed by atoms with Crippen LogP contribution in [0.15, 0.2) is 78.0 Å². The van der Waals surface area contributed by atoms with Gasteiger partial charge in [0.25, 0.3) is 0 Å². The van der Waals surface area contributed by atoms with Crippen molar-refractivity contribution >= 4 is 34.2 Å². The minimum absolute atomic E-state index is 0.0366. The molecule has 0 saturated carbocycles. The number of esters is 1.